The predicted octanol–water partition coefficient (Wildman–Crippen LogP) is 5.69. The second-order valence-corrected chi connectivity index (χ2v) is 9.31. The fraction of sp³-hybridized carbons (Fsp3) is 0.125. The molecule has 3 aromatic carbocycles. The number of allylic oxidation sites excluding steroid dienone is 1. The van der Waals surface area contributed by atoms with Gasteiger partial charge in [0.25, 0.3) is 0 Å². The highest BCUT2D eigenvalue weighted by Gasteiger charge is 2.31. The van der Waals surface area contributed by atoms with Crippen LogP contribution in [0, 0.1) is 0 Å². The third-order valence-corrected chi connectivity index (χ3v) is 7.31. The molecule has 26 heavy (non-hydrogen) atoms. The Kier molecular flexibility index (Phi) is 5.74. The Bertz CT molecular complexity index is 919. The highest BCUT2D eigenvalue weighted by Crippen LogP contribution is 2.52. The normalized spacial score (nSPS) is 10.8. The molecule has 0 radical (unpaired) electrons. The van der Waals surface area contributed by atoms with Gasteiger partial charge in [-0.05, 0) is 25.0 Å². The molecule has 2 heteroatoms. The van der Waals surface area contributed by atoms with Crippen molar-refractivity contribution in [2.45, 2.75) is 20.3 Å². The van der Waals surface area contributed by atoms with E-state index in [9.17, 15) is 4.57 Å². The van der Waals surface area contributed by atoms with E-state index in [0.29, 0.717) is 6.42 Å². The first-order valence-corrected chi connectivity index (χ1v) is 10.5. The highest BCUT2D eigenvalue weighted by molar-refractivity contribution is 7.82. The Morgan fingerprint density at radius 3 is 1.58 bits per heavy atom. The molecule has 0 atom stereocenters. The average molecular weight is 358 g/mol. The maximum absolute atomic E-state index is 14.5. The maximum atomic E-state index is 14.5. The first kappa shape index (κ1) is 18.2. The lowest BCUT2D eigenvalue weighted by Gasteiger charge is -2.22. The van der Waals surface area contributed by atoms with Gasteiger partial charge in [-0.1, -0.05) is 91.0 Å². The van der Waals surface area contributed by atoms with Gasteiger partial charge in [-0.2, -0.15) is 0 Å². The van der Waals surface area contributed by atoms with Crippen molar-refractivity contribution >= 4 is 17.8 Å². The van der Waals surface area contributed by atoms with E-state index < -0.39 is 7.14 Å². The van der Waals surface area contributed by atoms with Gasteiger partial charge in [0.05, 0.1) is 0 Å². The first-order chi connectivity index (χ1) is 12.6. The van der Waals surface area contributed by atoms with E-state index in [4.69, 9.17) is 0 Å². The van der Waals surface area contributed by atoms with Crippen LogP contribution >= 0.6 is 7.14 Å². The van der Waals surface area contributed by atoms with Crippen LogP contribution in [0.2, 0.25) is 0 Å². The van der Waals surface area contributed by atoms with E-state index >= 15 is 0 Å². The van der Waals surface area contributed by atoms with E-state index in [0.717, 1.165) is 27.1 Å². The summed E-state index contributed by atoms with van der Waals surface area (Å²) in [5, 5.41) is 2.55. The van der Waals surface area contributed by atoms with E-state index in [2.05, 4.69) is 17.9 Å². The lowest BCUT2D eigenvalue weighted by molar-refractivity contribution is 0.590. The van der Waals surface area contributed by atoms with Crippen molar-refractivity contribution in [2.75, 3.05) is 0 Å². The summed E-state index contributed by atoms with van der Waals surface area (Å²) < 4.78 is 14.5. The van der Waals surface area contributed by atoms with Gasteiger partial charge in [-0.3, -0.25) is 0 Å². The molecule has 0 aliphatic rings. The van der Waals surface area contributed by atoms with E-state index in [-0.39, 0.29) is 0 Å². The predicted molar refractivity (Wildman–Crippen MR) is 112 cm³/mol. The van der Waals surface area contributed by atoms with Crippen molar-refractivity contribution < 1.29 is 4.57 Å². The topological polar surface area (TPSA) is 17.1 Å². The SMILES string of the molecule is CC(C)=C=C(Cc1ccccc1)P(=O)(c1ccccc1)c1ccccc1. The minimum absolute atomic E-state index is 0.618. The summed E-state index contributed by atoms with van der Waals surface area (Å²) in [6.45, 7) is 4.01. The Hall–Kier alpha value is -2.59. The van der Waals surface area contributed by atoms with Gasteiger partial charge in [-0.25, -0.2) is 0 Å². The molecule has 0 fully saturated rings. The Labute approximate surface area is 156 Å². The number of hydrogen-bond donors (Lipinski definition) is 0. The molecule has 0 aliphatic heterocycles. The summed E-state index contributed by atoms with van der Waals surface area (Å²) in [5.74, 6) is 0. The van der Waals surface area contributed by atoms with Crippen molar-refractivity contribution in [3.05, 3.63) is 113 Å². The molecule has 1 nitrogen and oxygen atoms in total. The monoisotopic (exact) mass is 358 g/mol. The molecule has 0 aromatic heterocycles. The summed E-state index contributed by atoms with van der Waals surface area (Å²) in [6.07, 6.45) is 0.618. The molecule has 0 unspecified atom stereocenters. The Morgan fingerprint density at radius 1 is 0.731 bits per heavy atom. The number of hydrogen-bond acceptors (Lipinski definition) is 1. The van der Waals surface area contributed by atoms with Crippen molar-refractivity contribution in [1.29, 1.82) is 0 Å². The van der Waals surface area contributed by atoms with Crippen molar-refractivity contribution in [1.82, 2.24) is 0 Å². The third-order valence-electron chi connectivity index (χ3n) is 4.23. The fourth-order valence-corrected chi connectivity index (χ4v) is 5.94. The van der Waals surface area contributed by atoms with Crippen LogP contribution in [0.1, 0.15) is 19.4 Å². The van der Waals surface area contributed by atoms with Gasteiger partial charge < -0.3 is 4.57 Å². The lowest BCUT2D eigenvalue weighted by atomic mass is 10.1. The third kappa shape index (κ3) is 3.97. The standard InChI is InChI=1S/C24H23OP/c1-20(2)18-24(19-21-12-6-3-7-13-21)26(25,22-14-8-4-9-15-22)23-16-10-5-11-17-23/h3-17H,19H2,1-2H3. The molecule has 0 saturated carbocycles. The van der Waals surface area contributed by atoms with Crippen LogP contribution in [-0.2, 0) is 11.0 Å². The van der Waals surface area contributed by atoms with Crippen LogP contribution in [0.25, 0.3) is 0 Å². The summed E-state index contributed by atoms with van der Waals surface area (Å²) in [4.78, 5) is 0. The molecule has 0 saturated heterocycles. The van der Waals surface area contributed by atoms with E-state index in [1.54, 1.807) is 0 Å². The smallest absolute Gasteiger partial charge is 0.174 e. The van der Waals surface area contributed by atoms with Crippen LogP contribution in [0.3, 0.4) is 0 Å². The number of rotatable bonds is 5. The molecule has 0 heterocycles. The van der Waals surface area contributed by atoms with Crippen LogP contribution < -0.4 is 10.6 Å². The van der Waals surface area contributed by atoms with Crippen molar-refractivity contribution in [3.63, 3.8) is 0 Å². The summed E-state index contributed by atoms with van der Waals surface area (Å²) in [7, 11) is -2.97. The molecule has 0 spiro atoms. The molecular weight excluding hydrogens is 335 g/mol. The van der Waals surface area contributed by atoms with Gasteiger partial charge in [0, 0.05) is 22.3 Å². The molecule has 3 aromatic rings. The van der Waals surface area contributed by atoms with Crippen LogP contribution in [0.5, 0.6) is 0 Å². The molecule has 3 rings (SSSR count). The zero-order valence-corrected chi connectivity index (χ0v) is 16.1. The highest BCUT2D eigenvalue weighted by atomic mass is 31.2. The largest absolute Gasteiger partial charge is 0.308 e. The van der Waals surface area contributed by atoms with Crippen LogP contribution in [0.4, 0.5) is 0 Å². The molecule has 0 aliphatic carbocycles. The minimum atomic E-state index is -2.97. The molecule has 0 N–H and O–H groups in total. The van der Waals surface area contributed by atoms with Gasteiger partial charge in [0.1, 0.15) is 0 Å². The zero-order valence-electron chi connectivity index (χ0n) is 15.2. The van der Waals surface area contributed by atoms with Crippen molar-refractivity contribution in [3.8, 4) is 0 Å². The van der Waals surface area contributed by atoms with Gasteiger partial charge in [0.15, 0.2) is 7.14 Å². The second-order valence-electron chi connectivity index (χ2n) is 6.51. The van der Waals surface area contributed by atoms with E-state index in [1.165, 1.54) is 0 Å². The molecular formula is C24H23OP. The first-order valence-electron chi connectivity index (χ1n) is 8.79. The van der Waals surface area contributed by atoms with Gasteiger partial charge in [0.2, 0.25) is 0 Å². The minimum Gasteiger partial charge on any atom is -0.308 e. The Morgan fingerprint density at radius 2 is 1.15 bits per heavy atom. The van der Waals surface area contributed by atoms with Crippen LogP contribution in [-0.4, -0.2) is 0 Å². The molecule has 0 bridgehead atoms. The second kappa shape index (κ2) is 8.19. The van der Waals surface area contributed by atoms with E-state index in [1.807, 2.05) is 92.7 Å². The van der Waals surface area contributed by atoms with Crippen LogP contribution in [0.15, 0.2) is 108 Å². The molecule has 0 amide bonds. The summed E-state index contributed by atoms with van der Waals surface area (Å²) in [6, 6.07) is 29.8. The quantitative estimate of drug-likeness (QED) is 0.423. The average Bonchev–Trinajstić information content (AvgIpc) is 2.69. The lowest BCUT2D eigenvalue weighted by Crippen LogP contribution is -2.18. The Balaban J connectivity index is 2.25. The summed E-state index contributed by atoms with van der Waals surface area (Å²) >= 11 is 0. The zero-order chi connectivity index (χ0) is 18.4. The fourth-order valence-electron chi connectivity index (χ4n) is 3.05. The van der Waals surface area contributed by atoms with Crippen molar-refractivity contribution in [2.24, 2.45) is 0 Å². The summed E-state index contributed by atoms with van der Waals surface area (Å²) in [5.41, 5.74) is 5.61. The maximum Gasteiger partial charge on any atom is 0.174 e. The molecule has 130 valence electrons. The number of benzene rings is 3. The van der Waals surface area contributed by atoms with Gasteiger partial charge in [-0.15, -0.1) is 5.73 Å². The van der Waals surface area contributed by atoms with Gasteiger partial charge >= 0.3 is 0 Å².